The average molecular weight is 1690 g/mol. The molecule has 17 heterocycles. The van der Waals surface area contributed by atoms with Gasteiger partial charge in [0.15, 0.2) is 23.0 Å². The van der Waals surface area contributed by atoms with Crippen molar-refractivity contribution in [2.24, 2.45) is 0 Å². The van der Waals surface area contributed by atoms with E-state index in [1.165, 1.54) is 30.4 Å². The fourth-order valence-corrected chi connectivity index (χ4v) is 17.8. The van der Waals surface area contributed by atoms with Crippen molar-refractivity contribution in [2.45, 2.75) is 130 Å². The summed E-state index contributed by atoms with van der Waals surface area (Å²) in [4.78, 5) is 89.7. The van der Waals surface area contributed by atoms with E-state index in [1.54, 1.807) is 74.8 Å². The van der Waals surface area contributed by atoms with Gasteiger partial charge in [-0.05, 0) is 225 Å². The third-order valence-electron chi connectivity index (χ3n) is 25.2. The Morgan fingerprint density at radius 1 is 0.416 bits per heavy atom. The number of anilines is 2. The summed E-state index contributed by atoms with van der Waals surface area (Å²) in [6.07, 6.45) is 26.5. The van der Waals surface area contributed by atoms with Gasteiger partial charge in [-0.2, -0.15) is 10.2 Å². The molecule has 5 aliphatic heterocycles. The number of hydrogen-bond donors (Lipinski definition) is 2. The van der Waals surface area contributed by atoms with Crippen molar-refractivity contribution in [1.29, 1.82) is 0 Å². The van der Waals surface area contributed by atoms with Gasteiger partial charge in [0.2, 0.25) is 0 Å². The second-order valence-electron chi connectivity index (χ2n) is 33.2. The molecule has 646 valence electrons. The van der Waals surface area contributed by atoms with Crippen molar-refractivity contribution in [1.82, 2.24) is 87.2 Å². The van der Waals surface area contributed by atoms with Gasteiger partial charge in [0, 0.05) is 131 Å². The van der Waals surface area contributed by atoms with Gasteiger partial charge in [-0.25, -0.2) is 29.0 Å². The average Bonchev–Trinajstić information content (AvgIpc) is 1.76. The summed E-state index contributed by atoms with van der Waals surface area (Å²) >= 11 is 0. The zero-order valence-electron chi connectivity index (χ0n) is 73.2. The molecule has 0 radical (unpaired) electrons. The van der Waals surface area contributed by atoms with Crippen LogP contribution >= 0.6 is 0 Å². The quantitative estimate of drug-likeness (QED) is 0.0856. The Kier molecular flexibility index (Phi) is 24.7. The van der Waals surface area contributed by atoms with E-state index in [4.69, 9.17) is 43.6 Å². The van der Waals surface area contributed by atoms with Crippen LogP contribution in [-0.4, -0.2) is 208 Å². The first kappa shape index (κ1) is 84.4. The minimum atomic E-state index is -0.111. The molecule has 0 bridgehead atoms. The van der Waals surface area contributed by atoms with Crippen molar-refractivity contribution in [2.75, 3.05) is 117 Å². The van der Waals surface area contributed by atoms with Crippen LogP contribution in [0.25, 0.3) is 90.1 Å². The number of nitrogens with zero attached hydrogens (tertiary/aromatic N) is 18. The minimum Gasteiger partial charge on any atom is -0.493 e. The number of rotatable bonds is 17. The zero-order chi connectivity index (χ0) is 86.8. The SMILES string of the molecule is CCNC1CCN(c2cc(C)c3nc(-c4ccc(OC)c(OC)c4)cc(=O)n3c2)CC1.CNC1CCN(c2cc(C)c3nc(-c4ccc(OC)c(OC)c4)cc(=O)n3c2)CC1.Cc1cn2nc(-c3cc(=O)n4cc(C5=CCN(C6CCC6)CC5)ccc4n3)cc2c(C)n1.Cc1cn2nc(-c3cc(=O)n4cc(C5=CCN(C6COC6)CC5)ccc4n3)cc2c(C)n1. The lowest BCUT2D eigenvalue weighted by Gasteiger charge is -2.39. The molecule has 2 N–H and O–H groups in total. The largest absolute Gasteiger partial charge is 0.493 e. The third kappa shape index (κ3) is 17.9. The fraction of sp³-hybridized carbons (Fsp3) is 0.375. The van der Waals surface area contributed by atoms with Crippen LogP contribution in [0.4, 0.5) is 11.4 Å². The summed E-state index contributed by atoms with van der Waals surface area (Å²) in [5.41, 5.74) is 21.8. The summed E-state index contributed by atoms with van der Waals surface area (Å²) in [5, 5.41) is 16.1. The van der Waals surface area contributed by atoms with Crippen molar-refractivity contribution in [3.05, 3.63) is 245 Å². The number of piperidine rings is 2. The molecule has 14 aromatic rings. The highest BCUT2D eigenvalue weighted by atomic mass is 16.5. The first-order valence-electron chi connectivity index (χ1n) is 43.3. The molecule has 20 rings (SSSR count). The molecule has 29 heteroatoms. The van der Waals surface area contributed by atoms with Gasteiger partial charge in [-0.15, -0.1) is 0 Å². The summed E-state index contributed by atoms with van der Waals surface area (Å²) in [5.74, 6) is 2.49. The van der Waals surface area contributed by atoms with Crippen LogP contribution in [0, 0.1) is 41.5 Å². The molecular weight excluding hydrogens is 1580 g/mol. The number of aryl methyl sites for hydroxylation is 6. The standard InChI is InChI=1S/C25H26N6O.C24H24N6O2.C24H30N4O3.C23H28N4O3/c1-16-14-31-23(17(2)26-16)12-22(28-31)21-13-25(32)30-15-19(6-7-24(30)27-21)18-8-10-29(11-9-18)20-4-3-5-20;1-15-11-30-22(16(2)25-15)9-21(27-30)20-10-24(31)29-12-18(3-4-23(29)26-20)17-5-7-28(8-6-17)19-13-32-14-19;1-5-25-18-8-10-27(11-9-18)19-12-16(2)24-26-20(14-23(29)28(24)15-19)17-6-7-21(30-3)22(13-17)31-4;1-15-11-18(26-9-7-17(24-2)8-10-26)14-27-22(28)13-19(25-23(15)27)16-5-6-20(29-3)21(12-16)30-4/h6-8,12-15,20H,3-5,9-11H2,1-2H3;3-5,9-12,19H,6-8,13-14H2,1-2H3;6-7,12-15,18,25H,5,8-11H2,1-4H3;5-6,11-14,17,24H,7-10H2,1-4H3. The molecule has 125 heavy (non-hydrogen) atoms. The van der Waals surface area contributed by atoms with E-state index in [1.807, 2.05) is 151 Å². The Balaban J connectivity index is 0.000000118. The van der Waals surface area contributed by atoms with Gasteiger partial charge in [0.05, 0.1) is 128 Å². The normalized spacial score (nSPS) is 16.3. The van der Waals surface area contributed by atoms with Gasteiger partial charge >= 0.3 is 0 Å². The predicted molar refractivity (Wildman–Crippen MR) is 489 cm³/mol. The Hall–Kier alpha value is -12.8. The second-order valence-corrected chi connectivity index (χ2v) is 33.2. The van der Waals surface area contributed by atoms with Gasteiger partial charge in [-0.3, -0.25) is 56.5 Å². The van der Waals surface area contributed by atoms with Crippen LogP contribution in [0.3, 0.4) is 0 Å². The van der Waals surface area contributed by atoms with E-state index in [0.29, 0.717) is 97.9 Å². The van der Waals surface area contributed by atoms with Crippen LogP contribution in [0.2, 0.25) is 0 Å². The van der Waals surface area contributed by atoms with E-state index in [2.05, 4.69) is 93.7 Å². The highest BCUT2D eigenvalue weighted by Gasteiger charge is 2.30. The van der Waals surface area contributed by atoms with E-state index in [-0.39, 0.29) is 22.2 Å². The molecule has 0 amide bonds. The Bertz CT molecular complexity index is 6520. The molecule has 29 nitrogen and oxygen atoms in total. The molecule has 6 aliphatic rings. The molecule has 3 saturated heterocycles. The topological polar surface area (TPSA) is 281 Å². The second kappa shape index (κ2) is 36.6. The van der Waals surface area contributed by atoms with Gasteiger partial charge in [0.1, 0.15) is 34.0 Å². The number of fused-ring (bicyclic) bond motifs is 6. The Morgan fingerprint density at radius 3 is 1.23 bits per heavy atom. The molecule has 1 aliphatic carbocycles. The maximum Gasteiger partial charge on any atom is 0.258 e. The number of benzene rings is 2. The molecule has 12 aromatic heterocycles. The highest BCUT2D eigenvalue weighted by Crippen LogP contribution is 2.37. The van der Waals surface area contributed by atoms with E-state index in [0.717, 1.165) is 195 Å². The number of methoxy groups -OCH3 is 4. The number of nitrogens with one attached hydrogen (secondary N) is 2. The molecule has 1 saturated carbocycles. The lowest BCUT2D eigenvalue weighted by molar-refractivity contribution is -0.0612. The number of pyridine rings is 4. The van der Waals surface area contributed by atoms with Crippen LogP contribution in [-0.2, 0) is 4.74 Å². The van der Waals surface area contributed by atoms with Crippen LogP contribution in [0.15, 0.2) is 178 Å². The minimum absolute atomic E-state index is 0.0950. The van der Waals surface area contributed by atoms with Gasteiger partial charge in [0.25, 0.3) is 22.2 Å². The third-order valence-corrected chi connectivity index (χ3v) is 25.2. The van der Waals surface area contributed by atoms with Crippen LogP contribution in [0.5, 0.6) is 23.0 Å². The maximum absolute atomic E-state index is 13.0. The lowest BCUT2D eigenvalue weighted by atomic mass is 9.89. The van der Waals surface area contributed by atoms with Gasteiger partial charge in [-0.1, -0.05) is 25.5 Å². The number of aromatic nitrogens is 14. The van der Waals surface area contributed by atoms with E-state index < -0.39 is 0 Å². The van der Waals surface area contributed by atoms with Crippen LogP contribution in [0.1, 0.15) is 110 Å². The lowest BCUT2D eigenvalue weighted by Crippen LogP contribution is -2.50. The summed E-state index contributed by atoms with van der Waals surface area (Å²) in [6, 6.07) is 36.0. The van der Waals surface area contributed by atoms with E-state index >= 15 is 0 Å². The first-order chi connectivity index (χ1) is 60.7. The summed E-state index contributed by atoms with van der Waals surface area (Å²) < 4.78 is 36.9. The molecule has 0 spiro atoms. The molecule has 2 aromatic carbocycles. The molecule has 0 unspecified atom stereocenters. The van der Waals surface area contributed by atoms with Gasteiger partial charge < -0.3 is 44.1 Å². The van der Waals surface area contributed by atoms with E-state index in [9.17, 15) is 19.2 Å². The van der Waals surface area contributed by atoms with Crippen LogP contribution < -0.4 is 61.6 Å². The summed E-state index contributed by atoms with van der Waals surface area (Å²) in [6.45, 7) is 24.6. The highest BCUT2D eigenvalue weighted by molar-refractivity contribution is 5.74. The molecular formula is C96H108N20O9. The van der Waals surface area contributed by atoms with Crippen molar-refractivity contribution < 1.29 is 23.7 Å². The number of ether oxygens (including phenoxy) is 5. The van der Waals surface area contributed by atoms with Crippen molar-refractivity contribution in [3.8, 4) is 68.3 Å². The fourth-order valence-electron chi connectivity index (χ4n) is 17.8. The predicted octanol–water partition coefficient (Wildman–Crippen LogP) is 12.3. The Labute approximate surface area is 724 Å². The maximum atomic E-state index is 13.0. The molecule has 4 fully saturated rings. The van der Waals surface area contributed by atoms with Crippen molar-refractivity contribution in [3.63, 3.8) is 0 Å². The first-order valence-corrected chi connectivity index (χ1v) is 43.3. The number of hydrogen-bond acceptors (Lipinski definition) is 23. The Morgan fingerprint density at radius 2 is 0.840 bits per heavy atom. The smallest absolute Gasteiger partial charge is 0.258 e. The zero-order valence-corrected chi connectivity index (χ0v) is 73.2. The monoisotopic (exact) mass is 1680 g/mol. The molecule has 0 atom stereocenters. The summed E-state index contributed by atoms with van der Waals surface area (Å²) in [7, 11) is 8.40. The van der Waals surface area contributed by atoms with Crippen molar-refractivity contribution >= 4 is 56.1 Å².